The Morgan fingerprint density at radius 1 is 1.38 bits per heavy atom. The molecule has 0 radical (unpaired) electrons. The number of hydrogen-bond acceptors (Lipinski definition) is 3. The third-order valence-electron chi connectivity index (χ3n) is 4.12. The summed E-state index contributed by atoms with van der Waals surface area (Å²) in [4.78, 5) is 6.61. The van der Waals surface area contributed by atoms with Gasteiger partial charge in [-0.25, -0.2) is 4.98 Å². The van der Waals surface area contributed by atoms with Gasteiger partial charge >= 0.3 is 0 Å². The molecule has 0 saturated carbocycles. The van der Waals surface area contributed by atoms with Crippen molar-refractivity contribution in [3.63, 3.8) is 0 Å². The fraction of sp³-hybridized carbons (Fsp3) is 0.471. The third-order valence-corrected chi connectivity index (χ3v) is 4.12. The predicted molar refractivity (Wildman–Crippen MR) is 87.7 cm³/mol. The van der Waals surface area contributed by atoms with Crippen molar-refractivity contribution in [1.29, 1.82) is 0 Å². The SMILES string of the molecule is CC(CN(C)C)n1cncc1-c1cccc2c1NCCC2. The molecule has 2 heterocycles. The van der Waals surface area contributed by atoms with Gasteiger partial charge in [-0.15, -0.1) is 0 Å². The minimum Gasteiger partial charge on any atom is -0.384 e. The predicted octanol–water partition coefficient (Wildman–Crippen LogP) is 3.03. The largest absolute Gasteiger partial charge is 0.384 e. The van der Waals surface area contributed by atoms with Gasteiger partial charge < -0.3 is 14.8 Å². The van der Waals surface area contributed by atoms with E-state index in [1.165, 1.54) is 28.9 Å². The van der Waals surface area contributed by atoms with Crippen molar-refractivity contribution in [3.05, 3.63) is 36.3 Å². The minimum absolute atomic E-state index is 0.400. The van der Waals surface area contributed by atoms with Crippen LogP contribution in [0, 0.1) is 0 Å². The van der Waals surface area contributed by atoms with Gasteiger partial charge in [0, 0.05) is 30.4 Å². The zero-order valence-electron chi connectivity index (χ0n) is 13.1. The number of imidazole rings is 1. The van der Waals surface area contributed by atoms with E-state index in [0.29, 0.717) is 6.04 Å². The van der Waals surface area contributed by atoms with Gasteiger partial charge in [0.25, 0.3) is 0 Å². The summed E-state index contributed by atoms with van der Waals surface area (Å²) >= 11 is 0. The Hall–Kier alpha value is -1.81. The maximum absolute atomic E-state index is 4.39. The van der Waals surface area contributed by atoms with E-state index in [2.05, 4.69) is 59.0 Å². The van der Waals surface area contributed by atoms with Crippen LogP contribution in [0.15, 0.2) is 30.7 Å². The van der Waals surface area contributed by atoms with Gasteiger partial charge in [-0.1, -0.05) is 18.2 Å². The van der Waals surface area contributed by atoms with Gasteiger partial charge in [0.1, 0.15) is 0 Å². The summed E-state index contributed by atoms with van der Waals surface area (Å²) in [6.45, 7) is 4.31. The Labute approximate surface area is 126 Å². The molecule has 1 aliphatic heterocycles. The van der Waals surface area contributed by atoms with Crippen molar-refractivity contribution < 1.29 is 0 Å². The molecule has 0 spiro atoms. The van der Waals surface area contributed by atoms with E-state index in [0.717, 1.165) is 19.5 Å². The Morgan fingerprint density at radius 2 is 2.24 bits per heavy atom. The number of anilines is 1. The second kappa shape index (κ2) is 5.90. The van der Waals surface area contributed by atoms with E-state index < -0.39 is 0 Å². The summed E-state index contributed by atoms with van der Waals surface area (Å²) in [5.41, 5.74) is 5.19. The highest BCUT2D eigenvalue weighted by molar-refractivity contribution is 5.79. The molecular formula is C17H24N4. The number of likely N-dealkylation sites (N-methyl/N-ethyl adjacent to an activating group) is 1. The number of nitrogens with zero attached hydrogens (tertiary/aromatic N) is 3. The fourth-order valence-electron chi connectivity index (χ4n) is 3.20. The van der Waals surface area contributed by atoms with Crippen LogP contribution in [0.5, 0.6) is 0 Å². The van der Waals surface area contributed by atoms with Gasteiger partial charge in [-0.2, -0.15) is 0 Å². The molecule has 1 aromatic heterocycles. The van der Waals surface area contributed by atoms with E-state index >= 15 is 0 Å². The van der Waals surface area contributed by atoms with Crippen LogP contribution in [-0.2, 0) is 6.42 Å². The molecule has 0 aliphatic carbocycles. The molecule has 0 fully saturated rings. The lowest BCUT2D eigenvalue weighted by atomic mass is 9.98. The highest BCUT2D eigenvalue weighted by Crippen LogP contribution is 2.34. The first-order valence-corrected chi connectivity index (χ1v) is 7.69. The number of fused-ring (bicyclic) bond motifs is 1. The monoisotopic (exact) mass is 284 g/mol. The zero-order chi connectivity index (χ0) is 14.8. The van der Waals surface area contributed by atoms with E-state index in [1.807, 2.05) is 12.5 Å². The van der Waals surface area contributed by atoms with Gasteiger partial charge in [0.05, 0.1) is 18.2 Å². The van der Waals surface area contributed by atoms with E-state index in [-0.39, 0.29) is 0 Å². The molecule has 4 nitrogen and oxygen atoms in total. The number of rotatable bonds is 4. The van der Waals surface area contributed by atoms with E-state index in [4.69, 9.17) is 0 Å². The quantitative estimate of drug-likeness (QED) is 0.937. The Kier molecular flexibility index (Phi) is 3.97. The summed E-state index contributed by atoms with van der Waals surface area (Å²) in [5, 5.41) is 3.57. The first-order valence-electron chi connectivity index (χ1n) is 7.69. The second-order valence-corrected chi connectivity index (χ2v) is 6.17. The van der Waals surface area contributed by atoms with Crippen molar-refractivity contribution in [2.75, 3.05) is 32.5 Å². The van der Waals surface area contributed by atoms with E-state index in [9.17, 15) is 0 Å². The Balaban J connectivity index is 2.00. The normalized spacial score (nSPS) is 15.6. The summed E-state index contributed by atoms with van der Waals surface area (Å²) in [7, 11) is 4.22. The van der Waals surface area contributed by atoms with Gasteiger partial charge in [-0.05, 0) is 39.4 Å². The number of benzene rings is 1. The summed E-state index contributed by atoms with van der Waals surface area (Å²) in [5.74, 6) is 0. The highest BCUT2D eigenvalue weighted by Gasteiger charge is 2.18. The molecule has 0 bridgehead atoms. The molecule has 2 aromatic rings. The van der Waals surface area contributed by atoms with Crippen LogP contribution in [0.4, 0.5) is 5.69 Å². The molecule has 0 amide bonds. The highest BCUT2D eigenvalue weighted by atomic mass is 15.1. The van der Waals surface area contributed by atoms with Crippen LogP contribution in [-0.4, -0.2) is 41.6 Å². The number of hydrogen-bond donors (Lipinski definition) is 1. The third kappa shape index (κ3) is 2.81. The van der Waals surface area contributed by atoms with Crippen LogP contribution < -0.4 is 5.32 Å². The second-order valence-electron chi connectivity index (χ2n) is 6.17. The fourth-order valence-corrected chi connectivity index (χ4v) is 3.20. The van der Waals surface area contributed by atoms with Crippen molar-refractivity contribution >= 4 is 5.69 Å². The summed E-state index contributed by atoms with van der Waals surface area (Å²) in [6.07, 6.45) is 6.31. The number of aryl methyl sites for hydroxylation is 1. The van der Waals surface area contributed by atoms with Crippen LogP contribution in [0.1, 0.15) is 24.9 Å². The minimum atomic E-state index is 0.400. The van der Waals surface area contributed by atoms with Crippen molar-refractivity contribution in [2.24, 2.45) is 0 Å². The average Bonchev–Trinajstić information content (AvgIpc) is 2.95. The number of para-hydroxylation sites is 1. The first-order chi connectivity index (χ1) is 10.2. The molecule has 21 heavy (non-hydrogen) atoms. The lowest BCUT2D eigenvalue weighted by molar-refractivity contribution is 0.338. The smallest absolute Gasteiger partial charge is 0.0953 e. The van der Waals surface area contributed by atoms with Crippen LogP contribution in [0.25, 0.3) is 11.3 Å². The number of nitrogens with one attached hydrogen (secondary N) is 1. The van der Waals surface area contributed by atoms with Gasteiger partial charge in [0.2, 0.25) is 0 Å². The van der Waals surface area contributed by atoms with Gasteiger partial charge in [0.15, 0.2) is 0 Å². The topological polar surface area (TPSA) is 33.1 Å². The summed E-state index contributed by atoms with van der Waals surface area (Å²) in [6, 6.07) is 6.99. The molecule has 1 unspecified atom stereocenters. The van der Waals surface area contributed by atoms with E-state index in [1.54, 1.807) is 0 Å². The van der Waals surface area contributed by atoms with Crippen LogP contribution in [0.3, 0.4) is 0 Å². The molecule has 1 aromatic carbocycles. The molecule has 4 heteroatoms. The Morgan fingerprint density at radius 3 is 3.05 bits per heavy atom. The molecule has 112 valence electrons. The van der Waals surface area contributed by atoms with Crippen LogP contribution in [0.2, 0.25) is 0 Å². The average molecular weight is 284 g/mol. The zero-order valence-corrected chi connectivity index (χ0v) is 13.1. The van der Waals surface area contributed by atoms with Crippen molar-refractivity contribution in [2.45, 2.75) is 25.8 Å². The molecule has 1 atom stereocenters. The van der Waals surface area contributed by atoms with Gasteiger partial charge in [-0.3, -0.25) is 0 Å². The van der Waals surface area contributed by atoms with Crippen LogP contribution >= 0.6 is 0 Å². The van der Waals surface area contributed by atoms with Crippen molar-refractivity contribution in [1.82, 2.24) is 14.5 Å². The lowest BCUT2D eigenvalue weighted by Crippen LogP contribution is -2.22. The standard InChI is InChI=1S/C17H24N4/c1-13(11-20(2)3)21-12-18-10-16(21)15-8-4-6-14-7-5-9-19-17(14)15/h4,6,8,10,12-13,19H,5,7,9,11H2,1-3H3. The molecule has 1 aliphatic rings. The molecule has 3 rings (SSSR count). The van der Waals surface area contributed by atoms with Crippen molar-refractivity contribution in [3.8, 4) is 11.3 Å². The lowest BCUT2D eigenvalue weighted by Gasteiger charge is -2.24. The first kappa shape index (κ1) is 14.1. The number of aromatic nitrogens is 2. The molecule has 0 saturated heterocycles. The maximum atomic E-state index is 4.39. The summed E-state index contributed by atoms with van der Waals surface area (Å²) < 4.78 is 2.28. The molecular weight excluding hydrogens is 260 g/mol. The maximum Gasteiger partial charge on any atom is 0.0953 e. The molecule has 1 N–H and O–H groups in total. The Bertz CT molecular complexity index is 615.